The van der Waals surface area contributed by atoms with Crippen LogP contribution in [0.3, 0.4) is 0 Å². The molecule has 0 bridgehead atoms. The van der Waals surface area contributed by atoms with E-state index in [0.717, 1.165) is 22.9 Å². The van der Waals surface area contributed by atoms with E-state index in [1.165, 1.54) is 11.8 Å². The topological polar surface area (TPSA) is 95.3 Å². The number of benzene rings is 3. The summed E-state index contributed by atoms with van der Waals surface area (Å²) >= 11 is 1.26. The second-order valence-corrected chi connectivity index (χ2v) is 9.06. The Morgan fingerprint density at radius 1 is 1.08 bits per heavy atom. The first-order valence-electron chi connectivity index (χ1n) is 11.9. The predicted octanol–water partition coefficient (Wildman–Crippen LogP) is 5.49. The van der Waals surface area contributed by atoms with Gasteiger partial charge < -0.3 is 14.8 Å². The summed E-state index contributed by atoms with van der Waals surface area (Å²) in [6.07, 6.45) is 2.49. The lowest BCUT2D eigenvalue weighted by atomic mass is 10.1. The van der Waals surface area contributed by atoms with Crippen molar-refractivity contribution in [1.29, 1.82) is 0 Å². The molecule has 0 aliphatic carbocycles. The molecule has 0 spiro atoms. The summed E-state index contributed by atoms with van der Waals surface area (Å²) in [6, 6.07) is 20.6. The van der Waals surface area contributed by atoms with Crippen molar-refractivity contribution < 1.29 is 19.1 Å². The van der Waals surface area contributed by atoms with Gasteiger partial charge in [-0.3, -0.25) is 9.36 Å². The number of esters is 1. The minimum atomic E-state index is -0.414. The highest BCUT2D eigenvalue weighted by Crippen LogP contribution is 2.26. The number of hydrogen-bond acceptors (Lipinski definition) is 7. The molecule has 4 aromatic rings. The molecule has 0 unspecified atom stereocenters. The molecule has 9 heteroatoms. The molecule has 3 aromatic carbocycles. The van der Waals surface area contributed by atoms with Gasteiger partial charge in [-0.1, -0.05) is 67.2 Å². The fourth-order valence-electron chi connectivity index (χ4n) is 3.64. The largest absolute Gasteiger partial charge is 0.485 e. The van der Waals surface area contributed by atoms with Crippen molar-refractivity contribution in [3.05, 3.63) is 90.8 Å². The van der Waals surface area contributed by atoms with Crippen molar-refractivity contribution in [2.75, 3.05) is 17.7 Å². The Kier molecular flexibility index (Phi) is 8.93. The number of rotatable bonds is 12. The summed E-state index contributed by atoms with van der Waals surface area (Å²) in [6.45, 7) is 6.81. The third kappa shape index (κ3) is 6.77. The molecule has 0 fully saturated rings. The Morgan fingerprint density at radius 3 is 2.73 bits per heavy atom. The monoisotopic (exact) mass is 516 g/mol. The fraction of sp³-hybridized carbons (Fsp3) is 0.214. The smallest absolute Gasteiger partial charge is 0.338 e. The SMILES string of the molecule is C=CCn1c(COc2cccc3ccccc23)nnc1SCC(=O)Nc1cccc(C(=O)OCCC)c1. The van der Waals surface area contributed by atoms with Crippen LogP contribution in [-0.4, -0.2) is 39.0 Å². The van der Waals surface area contributed by atoms with E-state index < -0.39 is 5.97 Å². The zero-order valence-electron chi connectivity index (χ0n) is 20.6. The van der Waals surface area contributed by atoms with Gasteiger partial charge in [-0.15, -0.1) is 16.8 Å². The van der Waals surface area contributed by atoms with Crippen LogP contribution in [0.4, 0.5) is 5.69 Å². The van der Waals surface area contributed by atoms with Gasteiger partial charge >= 0.3 is 5.97 Å². The van der Waals surface area contributed by atoms with E-state index in [9.17, 15) is 9.59 Å². The standard InChI is InChI=1S/C28H28N4O4S/c1-3-15-32-25(18-36-24-14-8-10-20-9-5-6-13-23(20)24)30-31-28(32)37-19-26(33)29-22-12-7-11-21(17-22)27(34)35-16-4-2/h3,5-14,17H,1,4,15-16,18-19H2,2H3,(H,29,33). The van der Waals surface area contributed by atoms with E-state index in [1.807, 2.05) is 54.0 Å². The normalized spacial score (nSPS) is 10.7. The number of aromatic nitrogens is 3. The summed E-state index contributed by atoms with van der Waals surface area (Å²) in [5.74, 6) is 0.868. The van der Waals surface area contributed by atoms with Crippen LogP contribution in [0.15, 0.2) is 84.5 Å². The van der Waals surface area contributed by atoms with Crippen molar-refractivity contribution in [3.63, 3.8) is 0 Å². The predicted molar refractivity (Wildman–Crippen MR) is 145 cm³/mol. The Balaban J connectivity index is 1.38. The van der Waals surface area contributed by atoms with Gasteiger partial charge in [0.15, 0.2) is 11.0 Å². The number of thioether (sulfide) groups is 1. The molecule has 0 saturated carbocycles. The van der Waals surface area contributed by atoms with E-state index in [2.05, 4.69) is 22.1 Å². The minimum absolute atomic E-state index is 0.115. The number of amides is 1. The van der Waals surface area contributed by atoms with E-state index in [0.29, 0.717) is 35.4 Å². The number of ether oxygens (including phenoxy) is 2. The van der Waals surface area contributed by atoms with Gasteiger partial charge in [0.25, 0.3) is 0 Å². The molecule has 37 heavy (non-hydrogen) atoms. The molecule has 0 atom stereocenters. The van der Waals surface area contributed by atoms with Gasteiger partial charge in [-0.25, -0.2) is 4.79 Å². The molecule has 0 radical (unpaired) electrons. The van der Waals surface area contributed by atoms with Crippen LogP contribution in [0.5, 0.6) is 5.75 Å². The van der Waals surface area contributed by atoms with Gasteiger partial charge in [-0.2, -0.15) is 0 Å². The molecule has 1 amide bonds. The lowest BCUT2D eigenvalue weighted by Crippen LogP contribution is -2.15. The molecular weight excluding hydrogens is 488 g/mol. The number of carbonyl (C=O) groups is 2. The Bertz CT molecular complexity index is 1400. The molecule has 1 N–H and O–H groups in total. The van der Waals surface area contributed by atoms with Gasteiger partial charge in [0, 0.05) is 17.6 Å². The van der Waals surface area contributed by atoms with Crippen molar-refractivity contribution in [2.24, 2.45) is 0 Å². The van der Waals surface area contributed by atoms with E-state index in [4.69, 9.17) is 9.47 Å². The van der Waals surface area contributed by atoms with Crippen LogP contribution in [0.25, 0.3) is 10.8 Å². The minimum Gasteiger partial charge on any atom is -0.485 e. The number of hydrogen-bond donors (Lipinski definition) is 1. The summed E-state index contributed by atoms with van der Waals surface area (Å²) in [7, 11) is 0. The van der Waals surface area contributed by atoms with Crippen molar-refractivity contribution in [1.82, 2.24) is 14.8 Å². The first-order chi connectivity index (χ1) is 18.1. The highest BCUT2D eigenvalue weighted by atomic mass is 32.2. The Hall–Kier alpha value is -4.11. The maximum Gasteiger partial charge on any atom is 0.338 e. The quantitative estimate of drug-likeness (QED) is 0.151. The molecule has 4 rings (SSSR count). The summed E-state index contributed by atoms with van der Waals surface area (Å²) in [4.78, 5) is 24.7. The lowest BCUT2D eigenvalue weighted by molar-refractivity contribution is -0.113. The van der Waals surface area contributed by atoms with Crippen LogP contribution in [0, 0.1) is 0 Å². The van der Waals surface area contributed by atoms with Gasteiger partial charge in [0.2, 0.25) is 5.91 Å². The summed E-state index contributed by atoms with van der Waals surface area (Å²) in [5, 5.41) is 14.1. The molecule has 1 heterocycles. The van der Waals surface area contributed by atoms with Crippen molar-refractivity contribution in [2.45, 2.75) is 31.7 Å². The number of anilines is 1. The van der Waals surface area contributed by atoms with Crippen LogP contribution >= 0.6 is 11.8 Å². The average molecular weight is 517 g/mol. The van der Waals surface area contributed by atoms with E-state index in [1.54, 1.807) is 30.3 Å². The van der Waals surface area contributed by atoms with Crippen molar-refractivity contribution in [3.8, 4) is 5.75 Å². The molecule has 190 valence electrons. The maximum atomic E-state index is 12.6. The van der Waals surface area contributed by atoms with Crippen molar-refractivity contribution >= 4 is 40.1 Å². The number of allylic oxidation sites excluding steroid dienone is 1. The molecule has 0 saturated heterocycles. The van der Waals surface area contributed by atoms with Gasteiger partial charge in [-0.05, 0) is 36.1 Å². The zero-order chi connectivity index (χ0) is 26.0. The fourth-order valence-corrected chi connectivity index (χ4v) is 4.40. The molecule has 0 aliphatic heterocycles. The molecule has 8 nitrogen and oxygen atoms in total. The highest BCUT2D eigenvalue weighted by molar-refractivity contribution is 7.99. The van der Waals surface area contributed by atoms with Gasteiger partial charge in [0.1, 0.15) is 12.4 Å². The Morgan fingerprint density at radius 2 is 1.89 bits per heavy atom. The summed E-state index contributed by atoms with van der Waals surface area (Å²) in [5.41, 5.74) is 0.911. The van der Waals surface area contributed by atoms with E-state index in [-0.39, 0.29) is 18.3 Å². The molecular formula is C28H28N4O4S. The average Bonchev–Trinajstić information content (AvgIpc) is 3.31. The lowest BCUT2D eigenvalue weighted by Gasteiger charge is -2.11. The summed E-state index contributed by atoms with van der Waals surface area (Å²) < 4.78 is 13.1. The number of carbonyl (C=O) groups excluding carboxylic acids is 2. The highest BCUT2D eigenvalue weighted by Gasteiger charge is 2.15. The number of nitrogens with zero attached hydrogens (tertiary/aromatic N) is 3. The van der Waals surface area contributed by atoms with Crippen LogP contribution in [-0.2, 0) is 22.7 Å². The van der Waals surface area contributed by atoms with Gasteiger partial charge in [0.05, 0.1) is 17.9 Å². The Labute approximate surface area is 219 Å². The number of nitrogens with one attached hydrogen (secondary N) is 1. The maximum absolute atomic E-state index is 12.6. The first-order valence-corrected chi connectivity index (χ1v) is 12.9. The molecule has 1 aromatic heterocycles. The second-order valence-electron chi connectivity index (χ2n) is 8.12. The molecule has 0 aliphatic rings. The third-order valence-electron chi connectivity index (χ3n) is 5.36. The third-order valence-corrected chi connectivity index (χ3v) is 6.33. The van der Waals surface area contributed by atoms with Crippen LogP contribution in [0.1, 0.15) is 29.5 Å². The number of fused-ring (bicyclic) bond motifs is 1. The second kappa shape index (κ2) is 12.7. The van der Waals surface area contributed by atoms with Crippen LogP contribution in [0.2, 0.25) is 0 Å². The zero-order valence-corrected chi connectivity index (χ0v) is 21.4. The van der Waals surface area contributed by atoms with Crippen LogP contribution < -0.4 is 10.1 Å². The van der Waals surface area contributed by atoms with E-state index >= 15 is 0 Å². The first kappa shape index (κ1) is 26.0.